The Labute approximate surface area is 311 Å². The molecule has 3 nitrogen and oxygen atoms in total. The van der Waals surface area contributed by atoms with Gasteiger partial charge in [0.15, 0.2) is 0 Å². The number of rotatable bonds is 29. The van der Waals surface area contributed by atoms with Crippen LogP contribution in [0.15, 0.2) is 54.6 Å². The average molecular weight is 693 g/mol. The fourth-order valence-electron chi connectivity index (χ4n) is 7.89. The van der Waals surface area contributed by atoms with Gasteiger partial charge in [0.1, 0.15) is 25.4 Å². The van der Waals surface area contributed by atoms with Gasteiger partial charge in [-0.1, -0.05) is 194 Å². The molecule has 0 saturated carbocycles. The molecule has 0 saturated heterocycles. The summed E-state index contributed by atoms with van der Waals surface area (Å²) in [4.78, 5) is 0. The summed E-state index contributed by atoms with van der Waals surface area (Å²) in [7, 11) is 4.54. The highest BCUT2D eigenvalue weighted by molar-refractivity contribution is 5.34. The normalized spacial score (nSPS) is 13.8. The van der Waals surface area contributed by atoms with Crippen LogP contribution < -0.4 is 4.74 Å². The Bertz CT molecular complexity index is 1100. The summed E-state index contributed by atoms with van der Waals surface area (Å²) in [6, 6.07) is 19.7. The first kappa shape index (κ1) is 44.3. The summed E-state index contributed by atoms with van der Waals surface area (Å²) < 4.78 is 13.0. The first-order valence-corrected chi connectivity index (χ1v) is 21.0. The number of likely N-dealkylation sites (N-methyl/N-ethyl adjacent to an activating group) is 1. The van der Waals surface area contributed by atoms with E-state index in [-0.39, 0.29) is 16.2 Å². The minimum absolute atomic E-state index is 0.0905. The molecule has 0 fully saturated rings. The molecule has 0 aliphatic heterocycles. The molecular formula is C47H82NO2+. The minimum atomic E-state index is 0.0905. The molecule has 0 aliphatic rings. The van der Waals surface area contributed by atoms with Gasteiger partial charge in [-0.25, -0.2) is 0 Å². The van der Waals surface area contributed by atoms with E-state index < -0.39 is 0 Å². The second-order valence-electron chi connectivity index (χ2n) is 18.3. The van der Waals surface area contributed by atoms with Gasteiger partial charge in [0, 0.05) is 5.56 Å². The van der Waals surface area contributed by atoms with Crippen molar-refractivity contribution in [1.82, 2.24) is 0 Å². The van der Waals surface area contributed by atoms with Crippen molar-refractivity contribution in [3.8, 4) is 5.75 Å². The predicted octanol–water partition coefficient (Wildman–Crippen LogP) is 13.7. The number of hydrogen-bond acceptors (Lipinski definition) is 2. The second kappa shape index (κ2) is 23.7. The Morgan fingerprint density at radius 3 is 1.56 bits per heavy atom. The third kappa shape index (κ3) is 18.6. The molecule has 0 aliphatic carbocycles. The Balaban J connectivity index is 1.70. The summed E-state index contributed by atoms with van der Waals surface area (Å²) in [5.41, 5.74) is 3.36. The van der Waals surface area contributed by atoms with E-state index >= 15 is 0 Å². The zero-order valence-corrected chi connectivity index (χ0v) is 34.7. The summed E-state index contributed by atoms with van der Waals surface area (Å²) >= 11 is 0. The number of quaternary nitrogens is 1. The van der Waals surface area contributed by atoms with Crippen LogP contribution >= 0.6 is 0 Å². The molecule has 0 aromatic heterocycles. The Hall–Kier alpha value is -1.84. The molecular weight excluding hydrogens is 611 g/mol. The highest BCUT2D eigenvalue weighted by Gasteiger charge is 2.44. The maximum absolute atomic E-state index is 6.12. The van der Waals surface area contributed by atoms with Gasteiger partial charge >= 0.3 is 0 Å². The third-order valence-electron chi connectivity index (χ3n) is 11.3. The van der Waals surface area contributed by atoms with Crippen LogP contribution in [0.2, 0.25) is 0 Å². The van der Waals surface area contributed by atoms with Crippen LogP contribution in [0.3, 0.4) is 0 Å². The number of benzene rings is 2. The van der Waals surface area contributed by atoms with E-state index in [1.54, 1.807) is 0 Å². The van der Waals surface area contributed by atoms with E-state index in [0.29, 0.717) is 13.2 Å². The zero-order valence-electron chi connectivity index (χ0n) is 34.7. The summed E-state index contributed by atoms with van der Waals surface area (Å²) in [5.74, 6) is 0.936. The van der Waals surface area contributed by atoms with Crippen LogP contribution in [-0.4, -0.2) is 44.9 Å². The van der Waals surface area contributed by atoms with E-state index in [4.69, 9.17) is 9.47 Å². The van der Waals surface area contributed by atoms with Crippen molar-refractivity contribution in [3.63, 3.8) is 0 Å². The first-order chi connectivity index (χ1) is 23.8. The molecule has 0 radical (unpaired) electrons. The van der Waals surface area contributed by atoms with E-state index in [2.05, 4.69) is 117 Å². The molecule has 2 aromatic rings. The Kier molecular flexibility index (Phi) is 21.0. The molecule has 0 N–H and O–H groups in total. The van der Waals surface area contributed by atoms with Crippen LogP contribution in [-0.2, 0) is 16.7 Å². The SMILES string of the molecule is CCCCCCCCCCCCCCCCCCC(C)(C)C(C)(CC(C)(C)C)c1ccc(OCCOCC[N+](C)(C)Cc2ccccc2)cc1. The quantitative estimate of drug-likeness (QED) is 0.0624. The van der Waals surface area contributed by atoms with Crippen molar-refractivity contribution in [3.05, 3.63) is 65.7 Å². The van der Waals surface area contributed by atoms with Gasteiger partial charge in [0.05, 0.1) is 27.3 Å². The van der Waals surface area contributed by atoms with Crippen LogP contribution in [0, 0.1) is 10.8 Å². The highest BCUT2D eigenvalue weighted by Crippen LogP contribution is 2.51. The molecule has 0 amide bonds. The fraction of sp³-hybridized carbons (Fsp3) is 0.745. The molecule has 2 rings (SSSR count). The van der Waals surface area contributed by atoms with Crippen LogP contribution in [0.25, 0.3) is 0 Å². The fourth-order valence-corrected chi connectivity index (χ4v) is 7.89. The highest BCUT2D eigenvalue weighted by atomic mass is 16.5. The third-order valence-corrected chi connectivity index (χ3v) is 11.3. The van der Waals surface area contributed by atoms with Gasteiger partial charge in [-0.05, 0) is 46.8 Å². The van der Waals surface area contributed by atoms with E-state index in [1.807, 2.05) is 0 Å². The standard InChI is InChI=1S/C47H82NO2/c1-10-11-12-13-14-15-16-17-18-19-20-21-22-23-24-28-35-46(5,6)47(7,41-45(2,3)4)43-31-33-44(34-32-43)50-39-38-49-37-36-48(8,9)40-42-29-26-25-27-30-42/h25-27,29-34H,10-24,28,35-41H2,1-9H3/q+1. The van der Waals surface area contributed by atoms with Gasteiger partial charge < -0.3 is 14.0 Å². The maximum Gasteiger partial charge on any atom is 0.119 e. The lowest BCUT2D eigenvalue weighted by atomic mass is 9.56. The molecule has 2 aromatic carbocycles. The van der Waals surface area contributed by atoms with Crippen molar-refractivity contribution in [2.24, 2.45) is 10.8 Å². The largest absolute Gasteiger partial charge is 0.491 e. The number of ether oxygens (including phenoxy) is 2. The maximum atomic E-state index is 6.12. The number of hydrogen-bond donors (Lipinski definition) is 0. The van der Waals surface area contributed by atoms with Crippen LogP contribution in [0.4, 0.5) is 0 Å². The molecule has 0 heterocycles. The van der Waals surface area contributed by atoms with Gasteiger partial charge in [-0.15, -0.1) is 0 Å². The zero-order chi connectivity index (χ0) is 36.8. The molecule has 50 heavy (non-hydrogen) atoms. The smallest absolute Gasteiger partial charge is 0.119 e. The summed E-state index contributed by atoms with van der Waals surface area (Å²) in [6.07, 6.45) is 25.2. The lowest BCUT2D eigenvalue weighted by molar-refractivity contribution is -0.904. The molecule has 3 heteroatoms. The average Bonchev–Trinajstić information content (AvgIpc) is 3.05. The predicted molar refractivity (Wildman–Crippen MR) is 219 cm³/mol. The molecule has 0 bridgehead atoms. The van der Waals surface area contributed by atoms with E-state index in [1.165, 1.54) is 127 Å². The topological polar surface area (TPSA) is 18.5 Å². The number of nitrogens with zero attached hydrogens (tertiary/aromatic N) is 1. The summed E-state index contributed by atoms with van der Waals surface area (Å²) in [6.45, 7) is 21.0. The van der Waals surface area contributed by atoms with Gasteiger partial charge in [-0.2, -0.15) is 0 Å². The molecule has 1 atom stereocenters. The lowest BCUT2D eigenvalue weighted by Gasteiger charge is -2.48. The number of unbranched alkanes of at least 4 members (excludes halogenated alkanes) is 15. The van der Waals surface area contributed by atoms with Crippen molar-refractivity contribution in [2.45, 2.75) is 176 Å². The van der Waals surface area contributed by atoms with Crippen LogP contribution in [0.5, 0.6) is 5.75 Å². The van der Waals surface area contributed by atoms with E-state index in [0.717, 1.165) is 29.9 Å². The van der Waals surface area contributed by atoms with Crippen LogP contribution in [0.1, 0.15) is 175 Å². The Morgan fingerprint density at radius 2 is 1.06 bits per heavy atom. The second-order valence-corrected chi connectivity index (χ2v) is 18.3. The van der Waals surface area contributed by atoms with Crippen molar-refractivity contribution < 1.29 is 14.0 Å². The van der Waals surface area contributed by atoms with Gasteiger partial charge in [0.25, 0.3) is 0 Å². The Morgan fingerprint density at radius 1 is 0.560 bits per heavy atom. The first-order valence-electron chi connectivity index (χ1n) is 21.0. The molecule has 286 valence electrons. The summed E-state index contributed by atoms with van der Waals surface area (Å²) in [5, 5.41) is 0. The van der Waals surface area contributed by atoms with Crippen molar-refractivity contribution in [2.75, 3.05) is 40.5 Å². The molecule has 1 unspecified atom stereocenters. The molecule has 0 spiro atoms. The van der Waals surface area contributed by atoms with Crippen molar-refractivity contribution >= 4 is 0 Å². The van der Waals surface area contributed by atoms with Gasteiger partial charge in [-0.3, -0.25) is 0 Å². The van der Waals surface area contributed by atoms with Crippen molar-refractivity contribution in [1.29, 1.82) is 0 Å². The van der Waals surface area contributed by atoms with E-state index in [9.17, 15) is 0 Å². The monoisotopic (exact) mass is 693 g/mol. The minimum Gasteiger partial charge on any atom is -0.491 e. The van der Waals surface area contributed by atoms with Gasteiger partial charge in [0.2, 0.25) is 0 Å². The lowest BCUT2D eigenvalue weighted by Crippen LogP contribution is -2.42.